The Morgan fingerprint density at radius 2 is 1.73 bits per heavy atom. The lowest BCUT2D eigenvalue weighted by molar-refractivity contribution is 0.657. The highest BCUT2D eigenvalue weighted by atomic mass is 32.1. The molecule has 22 heavy (non-hydrogen) atoms. The maximum absolute atomic E-state index is 4.99. The van der Waals surface area contributed by atoms with E-state index < -0.39 is 0 Å². The summed E-state index contributed by atoms with van der Waals surface area (Å²) in [6.45, 7) is 3.90. The van der Waals surface area contributed by atoms with E-state index in [9.17, 15) is 0 Å². The lowest BCUT2D eigenvalue weighted by Crippen LogP contribution is -1.94. The summed E-state index contributed by atoms with van der Waals surface area (Å²) in [5, 5.41) is 2.57. The first-order valence-corrected chi connectivity index (χ1v) is 7.72. The SMILES string of the molecule is C=Cc1ccc(CCc2cccc(OS)c2)c2ccccc12. The summed E-state index contributed by atoms with van der Waals surface area (Å²) in [5.74, 6) is 0.785. The van der Waals surface area contributed by atoms with E-state index in [1.165, 1.54) is 27.5 Å². The fourth-order valence-corrected chi connectivity index (χ4v) is 2.93. The van der Waals surface area contributed by atoms with Crippen molar-refractivity contribution in [1.82, 2.24) is 0 Å². The minimum Gasteiger partial charge on any atom is -0.429 e. The summed E-state index contributed by atoms with van der Waals surface area (Å²) >= 11 is 3.86. The third-order valence-corrected chi connectivity index (χ3v) is 4.17. The van der Waals surface area contributed by atoms with Crippen molar-refractivity contribution in [3.8, 4) is 5.75 Å². The van der Waals surface area contributed by atoms with Crippen molar-refractivity contribution in [2.24, 2.45) is 0 Å². The molecule has 0 N–H and O–H groups in total. The third-order valence-electron chi connectivity index (χ3n) is 3.95. The Kier molecular flexibility index (Phi) is 4.50. The van der Waals surface area contributed by atoms with Gasteiger partial charge >= 0.3 is 0 Å². The van der Waals surface area contributed by atoms with Crippen molar-refractivity contribution < 1.29 is 4.18 Å². The molecule has 3 rings (SSSR count). The third kappa shape index (κ3) is 3.02. The molecule has 0 heterocycles. The number of fused-ring (bicyclic) bond motifs is 1. The molecule has 0 unspecified atom stereocenters. The largest absolute Gasteiger partial charge is 0.429 e. The summed E-state index contributed by atoms with van der Waals surface area (Å²) < 4.78 is 4.99. The molecule has 0 spiro atoms. The van der Waals surface area contributed by atoms with E-state index in [1.54, 1.807) is 0 Å². The number of benzene rings is 3. The molecule has 0 atom stereocenters. The molecule has 1 nitrogen and oxygen atoms in total. The second-order valence-electron chi connectivity index (χ2n) is 5.30. The van der Waals surface area contributed by atoms with Gasteiger partial charge in [0.15, 0.2) is 0 Å². The van der Waals surface area contributed by atoms with E-state index in [4.69, 9.17) is 4.18 Å². The Labute approximate surface area is 136 Å². The van der Waals surface area contributed by atoms with Crippen molar-refractivity contribution in [2.75, 3.05) is 0 Å². The molecule has 0 saturated heterocycles. The Morgan fingerprint density at radius 3 is 2.50 bits per heavy atom. The maximum Gasteiger partial charge on any atom is 0.137 e. The summed E-state index contributed by atoms with van der Waals surface area (Å²) in [4.78, 5) is 0. The van der Waals surface area contributed by atoms with Crippen LogP contribution in [0.5, 0.6) is 5.75 Å². The van der Waals surface area contributed by atoms with Crippen LogP contribution in [-0.4, -0.2) is 0 Å². The van der Waals surface area contributed by atoms with Crippen LogP contribution in [0.15, 0.2) is 67.2 Å². The second kappa shape index (κ2) is 6.71. The highest BCUT2D eigenvalue weighted by molar-refractivity contribution is 7.75. The van der Waals surface area contributed by atoms with Crippen LogP contribution in [0.4, 0.5) is 0 Å². The van der Waals surface area contributed by atoms with Gasteiger partial charge in [-0.2, -0.15) is 0 Å². The predicted octanol–water partition coefficient (Wildman–Crippen LogP) is 5.49. The molecular weight excluding hydrogens is 288 g/mol. The number of aryl methyl sites for hydroxylation is 2. The minimum atomic E-state index is 0.785. The van der Waals surface area contributed by atoms with Gasteiger partial charge in [-0.05, 0) is 52.4 Å². The average molecular weight is 306 g/mol. The van der Waals surface area contributed by atoms with E-state index >= 15 is 0 Å². The van der Waals surface area contributed by atoms with Gasteiger partial charge in [-0.25, -0.2) is 0 Å². The first kappa shape index (κ1) is 14.7. The Morgan fingerprint density at radius 1 is 0.909 bits per heavy atom. The lowest BCUT2D eigenvalue weighted by Gasteiger charge is -2.10. The molecule has 0 aliphatic heterocycles. The van der Waals surface area contributed by atoms with Crippen LogP contribution in [-0.2, 0) is 12.8 Å². The van der Waals surface area contributed by atoms with Gasteiger partial charge in [0.05, 0.1) is 0 Å². The Bertz CT molecular complexity index is 808. The van der Waals surface area contributed by atoms with Crippen molar-refractivity contribution in [3.05, 3.63) is 83.9 Å². The van der Waals surface area contributed by atoms with Crippen LogP contribution < -0.4 is 4.18 Å². The molecule has 0 fully saturated rings. The highest BCUT2D eigenvalue weighted by Crippen LogP contribution is 2.25. The second-order valence-corrected chi connectivity index (χ2v) is 5.48. The van der Waals surface area contributed by atoms with E-state index in [2.05, 4.69) is 62.0 Å². The summed E-state index contributed by atoms with van der Waals surface area (Å²) in [6.07, 6.45) is 3.88. The van der Waals surface area contributed by atoms with E-state index in [0.717, 1.165) is 18.6 Å². The molecule has 0 bridgehead atoms. The van der Waals surface area contributed by atoms with E-state index in [-0.39, 0.29) is 0 Å². The molecule has 0 aromatic heterocycles. The van der Waals surface area contributed by atoms with Crippen molar-refractivity contribution in [3.63, 3.8) is 0 Å². The minimum absolute atomic E-state index is 0.785. The van der Waals surface area contributed by atoms with E-state index in [0.29, 0.717) is 0 Å². The van der Waals surface area contributed by atoms with Crippen LogP contribution in [0.3, 0.4) is 0 Å². The Balaban J connectivity index is 1.89. The smallest absolute Gasteiger partial charge is 0.137 e. The molecule has 0 radical (unpaired) electrons. The number of hydrogen-bond donors (Lipinski definition) is 1. The van der Waals surface area contributed by atoms with Gasteiger partial charge < -0.3 is 4.18 Å². The number of rotatable bonds is 5. The van der Waals surface area contributed by atoms with Gasteiger partial charge in [-0.15, -0.1) is 0 Å². The number of hydrogen-bond acceptors (Lipinski definition) is 2. The zero-order valence-corrected chi connectivity index (χ0v) is 13.2. The van der Waals surface area contributed by atoms with Gasteiger partial charge in [0, 0.05) is 12.9 Å². The first-order chi connectivity index (χ1) is 10.8. The van der Waals surface area contributed by atoms with Crippen molar-refractivity contribution in [1.29, 1.82) is 0 Å². The monoisotopic (exact) mass is 306 g/mol. The fraction of sp³-hybridized carbons (Fsp3) is 0.100. The molecule has 0 amide bonds. The highest BCUT2D eigenvalue weighted by Gasteiger charge is 2.05. The van der Waals surface area contributed by atoms with Gasteiger partial charge in [-0.3, -0.25) is 0 Å². The molecular formula is C20H18OS. The van der Waals surface area contributed by atoms with Crippen molar-refractivity contribution >= 4 is 29.8 Å². The quantitative estimate of drug-likeness (QED) is 0.484. The first-order valence-electron chi connectivity index (χ1n) is 7.35. The van der Waals surface area contributed by atoms with Gasteiger partial charge in [0.25, 0.3) is 0 Å². The topological polar surface area (TPSA) is 9.23 Å². The summed E-state index contributed by atoms with van der Waals surface area (Å²) in [5.41, 5.74) is 3.80. The zero-order valence-electron chi connectivity index (χ0n) is 12.3. The molecule has 2 heteroatoms. The molecule has 0 aliphatic carbocycles. The van der Waals surface area contributed by atoms with E-state index in [1.807, 2.05) is 24.3 Å². The maximum atomic E-state index is 4.99. The molecule has 0 aliphatic rings. The normalized spacial score (nSPS) is 10.6. The number of thiol groups is 1. The van der Waals surface area contributed by atoms with Gasteiger partial charge in [0.2, 0.25) is 0 Å². The molecule has 110 valence electrons. The molecule has 0 saturated carbocycles. The molecule has 3 aromatic rings. The van der Waals surface area contributed by atoms with Crippen LogP contribution in [0.1, 0.15) is 16.7 Å². The van der Waals surface area contributed by atoms with Crippen LogP contribution in [0, 0.1) is 0 Å². The van der Waals surface area contributed by atoms with Crippen LogP contribution >= 0.6 is 12.9 Å². The van der Waals surface area contributed by atoms with Crippen molar-refractivity contribution in [2.45, 2.75) is 12.8 Å². The predicted molar refractivity (Wildman–Crippen MR) is 97.5 cm³/mol. The van der Waals surface area contributed by atoms with Crippen LogP contribution in [0.25, 0.3) is 16.8 Å². The fourth-order valence-electron chi connectivity index (χ4n) is 2.82. The summed E-state index contributed by atoms with van der Waals surface area (Å²) in [6, 6.07) is 20.9. The lowest BCUT2D eigenvalue weighted by atomic mass is 9.95. The standard InChI is InChI=1S/C20H18OS/c1-2-16-12-13-17(20-9-4-3-8-19(16)20)11-10-15-6-5-7-18(14-15)21-22/h2-9,12-14,22H,1,10-11H2. The van der Waals surface area contributed by atoms with Crippen LogP contribution in [0.2, 0.25) is 0 Å². The van der Waals surface area contributed by atoms with Gasteiger partial charge in [0.1, 0.15) is 5.75 Å². The summed E-state index contributed by atoms with van der Waals surface area (Å²) in [7, 11) is 0. The Hall–Kier alpha value is -2.19. The van der Waals surface area contributed by atoms with Gasteiger partial charge in [-0.1, -0.05) is 61.2 Å². The average Bonchev–Trinajstić information content (AvgIpc) is 2.59. The zero-order chi connectivity index (χ0) is 15.4. The molecule has 3 aromatic carbocycles.